The van der Waals surface area contributed by atoms with Crippen molar-refractivity contribution in [1.82, 2.24) is 10.2 Å². The molecule has 0 fully saturated rings. The predicted octanol–water partition coefficient (Wildman–Crippen LogP) is 3.91. The van der Waals surface area contributed by atoms with Crippen LogP contribution in [0.4, 0.5) is 17.2 Å². The number of carbonyl (C=O) groups excluding carboxylic acids is 2. The smallest absolute Gasteiger partial charge is 0.337 e. The van der Waals surface area contributed by atoms with Gasteiger partial charge in [0, 0.05) is 5.69 Å². The highest BCUT2D eigenvalue weighted by atomic mass is 35.5. The molecular weight excluding hydrogens is 368 g/mol. The van der Waals surface area contributed by atoms with Gasteiger partial charge in [0.15, 0.2) is 11.5 Å². The largest absolute Gasteiger partial charge is 0.465 e. The lowest BCUT2D eigenvalue weighted by atomic mass is 10.2. The van der Waals surface area contributed by atoms with Crippen molar-refractivity contribution in [1.29, 1.82) is 0 Å². The highest BCUT2D eigenvalue weighted by Crippen LogP contribution is 2.23. The topological polar surface area (TPSA) is 93.2 Å². The summed E-state index contributed by atoms with van der Waals surface area (Å²) in [7, 11) is 1.29. The van der Waals surface area contributed by atoms with Gasteiger partial charge < -0.3 is 15.4 Å². The van der Waals surface area contributed by atoms with Crippen LogP contribution in [0.1, 0.15) is 20.8 Å². The Hall–Kier alpha value is -3.45. The summed E-state index contributed by atoms with van der Waals surface area (Å²) in [6.45, 7) is 0. The van der Waals surface area contributed by atoms with E-state index in [4.69, 9.17) is 11.6 Å². The molecule has 0 aliphatic carbocycles. The second kappa shape index (κ2) is 8.29. The van der Waals surface area contributed by atoms with Crippen LogP contribution in [-0.4, -0.2) is 29.2 Å². The van der Waals surface area contributed by atoms with E-state index in [9.17, 15) is 9.59 Å². The molecule has 2 N–H and O–H groups in total. The minimum absolute atomic E-state index is 0.128. The van der Waals surface area contributed by atoms with E-state index in [0.717, 1.165) is 0 Å². The lowest BCUT2D eigenvalue weighted by Crippen LogP contribution is -2.15. The van der Waals surface area contributed by atoms with E-state index in [1.54, 1.807) is 36.4 Å². The summed E-state index contributed by atoms with van der Waals surface area (Å²) < 4.78 is 4.66. The number of amides is 1. The Labute approximate surface area is 160 Å². The molecule has 3 rings (SSSR count). The first-order valence-corrected chi connectivity index (χ1v) is 8.29. The van der Waals surface area contributed by atoms with Crippen molar-refractivity contribution >= 4 is 40.7 Å². The average molecular weight is 383 g/mol. The van der Waals surface area contributed by atoms with Crippen LogP contribution < -0.4 is 10.6 Å². The molecule has 0 bridgehead atoms. The standard InChI is InChI=1S/C19H15ClN4O3/c1-27-19(26)12-5-4-6-13(11-12)21-18(25)16-9-10-17(24-23-16)22-15-8-3-2-7-14(15)20/h2-11H,1H3,(H,21,25)(H,22,24). The van der Waals surface area contributed by atoms with Crippen molar-refractivity contribution in [3.8, 4) is 0 Å². The number of nitrogens with one attached hydrogen (secondary N) is 2. The molecule has 1 aromatic heterocycles. The predicted molar refractivity (Wildman–Crippen MR) is 103 cm³/mol. The number of aromatic nitrogens is 2. The molecule has 0 saturated carbocycles. The van der Waals surface area contributed by atoms with Crippen LogP contribution in [0.3, 0.4) is 0 Å². The van der Waals surface area contributed by atoms with Crippen molar-refractivity contribution in [2.24, 2.45) is 0 Å². The molecule has 136 valence electrons. The third-order valence-corrected chi connectivity index (χ3v) is 3.90. The molecule has 3 aromatic rings. The highest BCUT2D eigenvalue weighted by molar-refractivity contribution is 6.33. The lowest BCUT2D eigenvalue weighted by molar-refractivity contribution is 0.0600. The zero-order valence-corrected chi connectivity index (χ0v) is 15.0. The monoisotopic (exact) mass is 382 g/mol. The quantitative estimate of drug-likeness (QED) is 0.650. The van der Waals surface area contributed by atoms with Crippen LogP contribution in [0.2, 0.25) is 5.02 Å². The van der Waals surface area contributed by atoms with Crippen LogP contribution in [0.25, 0.3) is 0 Å². The first-order chi connectivity index (χ1) is 13.1. The molecule has 8 heteroatoms. The normalized spacial score (nSPS) is 10.1. The third-order valence-electron chi connectivity index (χ3n) is 3.58. The van der Waals surface area contributed by atoms with Gasteiger partial charge in [0.25, 0.3) is 5.91 Å². The first-order valence-electron chi connectivity index (χ1n) is 7.92. The average Bonchev–Trinajstić information content (AvgIpc) is 2.70. The van der Waals surface area contributed by atoms with Crippen molar-refractivity contribution < 1.29 is 14.3 Å². The van der Waals surface area contributed by atoms with Crippen LogP contribution in [-0.2, 0) is 4.74 Å². The molecule has 0 spiro atoms. The summed E-state index contributed by atoms with van der Waals surface area (Å²) in [4.78, 5) is 23.9. The maximum absolute atomic E-state index is 12.3. The summed E-state index contributed by atoms with van der Waals surface area (Å²) >= 11 is 6.08. The highest BCUT2D eigenvalue weighted by Gasteiger charge is 2.11. The molecule has 2 aromatic carbocycles. The van der Waals surface area contributed by atoms with Gasteiger partial charge in [-0.1, -0.05) is 29.8 Å². The molecule has 0 aliphatic rings. The van der Waals surface area contributed by atoms with Gasteiger partial charge >= 0.3 is 5.97 Å². The number of esters is 1. The summed E-state index contributed by atoms with van der Waals surface area (Å²) in [6.07, 6.45) is 0. The number of anilines is 3. The van der Waals surface area contributed by atoms with Crippen LogP contribution in [0, 0.1) is 0 Å². The van der Waals surface area contributed by atoms with E-state index in [1.165, 1.54) is 19.2 Å². The van der Waals surface area contributed by atoms with E-state index in [-0.39, 0.29) is 5.69 Å². The molecule has 0 unspecified atom stereocenters. The molecule has 1 heterocycles. The van der Waals surface area contributed by atoms with Gasteiger partial charge in [0.1, 0.15) is 0 Å². The zero-order valence-electron chi connectivity index (χ0n) is 14.3. The number of nitrogens with zero attached hydrogens (tertiary/aromatic N) is 2. The van der Waals surface area contributed by atoms with E-state index in [0.29, 0.717) is 27.8 Å². The Morgan fingerprint density at radius 1 is 1.00 bits per heavy atom. The van der Waals surface area contributed by atoms with Crippen LogP contribution in [0.5, 0.6) is 0 Å². The number of ether oxygens (including phenoxy) is 1. The van der Waals surface area contributed by atoms with Crippen molar-refractivity contribution in [3.63, 3.8) is 0 Å². The van der Waals surface area contributed by atoms with Gasteiger partial charge in [-0.25, -0.2) is 4.79 Å². The molecular formula is C19H15ClN4O3. The molecule has 27 heavy (non-hydrogen) atoms. The summed E-state index contributed by atoms with van der Waals surface area (Å²) in [5.74, 6) is -0.484. The molecule has 0 saturated heterocycles. The van der Waals surface area contributed by atoms with Gasteiger partial charge in [-0.2, -0.15) is 0 Å². The molecule has 7 nitrogen and oxygen atoms in total. The van der Waals surface area contributed by atoms with Gasteiger partial charge in [-0.05, 0) is 42.5 Å². The second-order valence-electron chi connectivity index (χ2n) is 5.44. The molecule has 0 radical (unpaired) electrons. The SMILES string of the molecule is COC(=O)c1cccc(NC(=O)c2ccc(Nc3ccccc3Cl)nn2)c1. The minimum Gasteiger partial charge on any atom is -0.465 e. The van der Waals surface area contributed by atoms with Crippen molar-refractivity contribution in [2.45, 2.75) is 0 Å². The maximum Gasteiger partial charge on any atom is 0.337 e. The number of hydrogen-bond donors (Lipinski definition) is 2. The fraction of sp³-hybridized carbons (Fsp3) is 0.0526. The van der Waals surface area contributed by atoms with Crippen molar-refractivity contribution in [3.05, 3.63) is 76.9 Å². The summed E-state index contributed by atoms with van der Waals surface area (Å²) in [5, 5.41) is 14.1. The minimum atomic E-state index is -0.485. The van der Waals surface area contributed by atoms with E-state index < -0.39 is 11.9 Å². The molecule has 0 atom stereocenters. The van der Waals surface area contributed by atoms with Gasteiger partial charge in [-0.3, -0.25) is 4.79 Å². The zero-order chi connectivity index (χ0) is 19.2. The van der Waals surface area contributed by atoms with Gasteiger partial charge in [-0.15, -0.1) is 10.2 Å². The molecule has 0 aliphatic heterocycles. The first kappa shape index (κ1) is 18.3. The Balaban J connectivity index is 1.69. The van der Waals surface area contributed by atoms with E-state index >= 15 is 0 Å². The Kier molecular flexibility index (Phi) is 5.63. The van der Waals surface area contributed by atoms with E-state index in [2.05, 4.69) is 25.6 Å². The molecule has 1 amide bonds. The number of carbonyl (C=O) groups is 2. The number of para-hydroxylation sites is 1. The number of benzene rings is 2. The number of halogens is 1. The summed E-state index contributed by atoms with van der Waals surface area (Å²) in [6, 6.07) is 16.8. The fourth-order valence-electron chi connectivity index (χ4n) is 2.26. The second-order valence-corrected chi connectivity index (χ2v) is 5.84. The summed E-state index contributed by atoms with van der Waals surface area (Å²) in [5.41, 5.74) is 1.59. The maximum atomic E-state index is 12.3. The number of methoxy groups -OCH3 is 1. The van der Waals surface area contributed by atoms with Crippen LogP contribution >= 0.6 is 11.6 Å². The lowest BCUT2D eigenvalue weighted by Gasteiger charge is -2.08. The van der Waals surface area contributed by atoms with Crippen molar-refractivity contribution in [2.75, 3.05) is 17.7 Å². The fourth-order valence-corrected chi connectivity index (χ4v) is 2.44. The van der Waals surface area contributed by atoms with Gasteiger partial charge in [0.05, 0.1) is 23.4 Å². The number of rotatable bonds is 5. The Morgan fingerprint density at radius 3 is 2.52 bits per heavy atom. The Morgan fingerprint density at radius 2 is 1.81 bits per heavy atom. The number of hydrogen-bond acceptors (Lipinski definition) is 6. The third kappa shape index (κ3) is 4.59. The Bertz CT molecular complexity index is 977. The van der Waals surface area contributed by atoms with Crippen LogP contribution in [0.15, 0.2) is 60.7 Å². The van der Waals surface area contributed by atoms with E-state index in [1.807, 2.05) is 12.1 Å². The van der Waals surface area contributed by atoms with Gasteiger partial charge in [0.2, 0.25) is 0 Å².